The van der Waals surface area contributed by atoms with Gasteiger partial charge in [-0.1, -0.05) is 35.7 Å². The zero-order valence-corrected chi connectivity index (χ0v) is 8.76. The third kappa shape index (κ3) is 6.81. The maximum Gasteiger partial charge on any atom is 1.00 e. The molecule has 0 aromatic rings. The summed E-state index contributed by atoms with van der Waals surface area (Å²) in [5.74, 6) is -1.01. The number of carbonyl (C=O) groups excluding carboxylic acids is 1. The topological polar surface area (TPSA) is 40.1 Å². The second-order valence-electron chi connectivity index (χ2n) is 1.93. The Morgan fingerprint density at radius 2 is 2.20 bits per heavy atom. The van der Waals surface area contributed by atoms with Crippen molar-refractivity contribution >= 4 is 21.9 Å². The predicted octanol–water partition coefficient (Wildman–Crippen LogP) is 0.688. The third-order valence-corrected chi connectivity index (χ3v) is 1.90. The molecule has 0 saturated carbocycles. The van der Waals surface area contributed by atoms with Crippen LogP contribution in [0.15, 0.2) is 0 Å². The number of aliphatic carboxylic acids is 1. The normalized spacial score (nSPS) is 11.8. The van der Waals surface area contributed by atoms with Gasteiger partial charge in [-0.05, 0) is 6.42 Å². The van der Waals surface area contributed by atoms with Gasteiger partial charge in [-0.25, -0.2) is 0 Å². The van der Waals surface area contributed by atoms with E-state index in [0.29, 0.717) is 6.42 Å². The standard InChI is InChI=1S/C6H11BrO2.Ag/c1-2-3-4-5(7)6(8)9;/h5H,2-4H2,1H3,(H,8,9);/q;+1/p-1. The van der Waals surface area contributed by atoms with Gasteiger partial charge in [-0.2, -0.15) is 0 Å². The quantitative estimate of drug-likeness (QED) is 0.566. The molecule has 2 nitrogen and oxygen atoms in total. The molecular formula is C6H10AgBrO2. The summed E-state index contributed by atoms with van der Waals surface area (Å²) >= 11 is 2.98. The van der Waals surface area contributed by atoms with Crippen molar-refractivity contribution in [3.05, 3.63) is 0 Å². The van der Waals surface area contributed by atoms with Crippen molar-refractivity contribution in [2.45, 2.75) is 31.0 Å². The second kappa shape index (κ2) is 7.79. The summed E-state index contributed by atoms with van der Waals surface area (Å²) in [5, 5.41) is 10.0. The van der Waals surface area contributed by atoms with E-state index in [9.17, 15) is 9.90 Å². The third-order valence-electron chi connectivity index (χ3n) is 1.07. The van der Waals surface area contributed by atoms with Gasteiger partial charge in [0.25, 0.3) is 0 Å². The summed E-state index contributed by atoms with van der Waals surface area (Å²) in [6, 6.07) is 0. The number of alkyl halides is 1. The van der Waals surface area contributed by atoms with Gasteiger partial charge in [0.15, 0.2) is 0 Å². The van der Waals surface area contributed by atoms with Crippen LogP contribution in [0, 0.1) is 0 Å². The van der Waals surface area contributed by atoms with Crippen molar-refractivity contribution in [2.75, 3.05) is 0 Å². The first kappa shape index (κ1) is 13.3. The predicted molar refractivity (Wildman–Crippen MR) is 37.2 cm³/mol. The molecule has 0 amide bonds. The molecule has 0 aliphatic carbocycles. The summed E-state index contributed by atoms with van der Waals surface area (Å²) in [5.41, 5.74) is 0. The molecule has 0 aromatic carbocycles. The van der Waals surface area contributed by atoms with Gasteiger partial charge >= 0.3 is 22.4 Å². The summed E-state index contributed by atoms with van der Waals surface area (Å²) in [6.07, 6.45) is 2.62. The molecule has 0 aliphatic heterocycles. The average Bonchev–Trinajstić information content (AvgIpc) is 1.82. The van der Waals surface area contributed by atoms with E-state index in [4.69, 9.17) is 0 Å². The van der Waals surface area contributed by atoms with E-state index >= 15 is 0 Å². The molecule has 1 unspecified atom stereocenters. The molecule has 0 heterocycles. The SMILES string of the molecule is CCCCC(Br)C(=O)[O-].[Ag+]. The number of halogens is 1. The molecule has 0 aliphatic rings. The van der Waals surface area contributed by atoms with Crippen molar-refractivity contribution in [1.29, 1.82) is 0 Å². The van der Waals surface area contributed by atoms with E-state index in [1.807, 2.05) is 6.92 Å². The smallest absolute Gasteiger partial charge is 0.549 e. The van der Waals surface area contributed by atoms with Crippen molar-refractivity contribution in [2.24, 2.45) is 0 Å². The van der Waals surface area contributed by atoms with Crippen LogP contribution in [0.1, 0.15) is 26.2 Å². The van der Waals surface area contributed by atoms with Crippen molar-refractivity contribution in [3.63, 3.8) is 0 Å². The van der Waals surface area contributed by atoms with Crippen molar-refractivity contribution < 1.29 is 32.3 Å². The molecule has 0 radical (unpaired) electrons. The number of hydrogen-bond acceptors (Lipinski definition) is 2. The van der Waals surface area contributed by atoms with Gasteiger partial charge in [-0.15, -0.1) is 0 Å². The molecule has 0 rings (SSSR count). The molecule has 0 N–H and O–H groups in total. The molecule has 0 saturated heterocycles. The van der Waals surface area contributed by atoms with Crippen LogP contribution in [0.3, 0.4) is 0 Å². The minimum Gasteiger partial charge on any atom is -0.549 e. The Labute approximate surface area is 85.0 Å². The molecule has 0 fully saturated rings. The largest absolute Gasteiger partial charge is 1.00 e. The zero-order valence-electron chi connectivity index (χ0n) is 5.69. The first-order chi connectivity index (χ1) is 4.18. The van der Waals surface area contributed by atoms with E-state index in [-0.39, 0.29) is 22.4 Å². The Bertz CT molecular complexity index is 97.7. The molecule has 10 heavy (non-hydrogen) atoms. The molecular weight excluding hydrogens is 292 g/mol. The van der Waals surface area contributed by atoms with E-state index in [0.717, 1.165) is 12.8 Å². The Kier molecular flexibility index (Phi) is 10.4. The van der Waals surface area contributed by atoms with Gasteiger partial charge in [0.05, 0.1) is 10.8 Å². The maximum absolute atomic E-state index is 10.0. The van der Waals surface area contributed by atoms with Crippen LogP contribution in [0.25, 0.3) is 0 Å². The maximum atomic E-state index is 10.0. The van der Waals surface area contributed by atoms with Crippen LogP contribution >= 0.6 is 15.9 Å². The Hall–Kier alpha value is 0.690. The van der Waals surface area contributed by atoms with Gasteiger partial charge < -0.3 is 9.90 Å². The fourth-order valence-corrected chi connectivity index (χ4v) is 0.825. The minimum absolute atomic E-state index is 0. The molecule has 0 aromatic heterocycles. The van der Waals surface area contributed by atoms with Gasteiger partial charge in [-0.3, -0.25) is 0 Å². The van der Waals surface area contributed by atoms with E-state index in [2.05, 4.69) is 15.9 Å². The molecule has 64 valence electrons. The van der Waals surface area contributed by atoms with Gasteiger partial charge in [0.1, 0.15) is 0 Å². The molecule has 1 atom stereocenters. The van der Waals surface area contributed by atoms with E-state index < -0.39 is 10.8 Å². The van der Waals surface area contributed by atoms with Crippen molar-refractivity contribution in [1.82, 2.24) is 0 Å². The number of hydrogen-bond donors (Lipinski definition) is 0. The van der Waals surface area contributed by atoms with Crippen LogP contribution in [0.2, 0.25) is 0 Å². The first-order valence-corrected chi connectivity index (χ1v) is 3.95. The van der Waals surface area contributed by atoms with Crippen molar-refractivity contribution in [3.8, 4) is 0 Å². The molecule has 0 bridgehead atoms. The van der Waals surface area contributed by atoms with Crippen LogP contribution in [-0.2, 0) is 27.2 Å². The fraction of sp³-hybridized carbons (Fsp3) is 0.833. The molecule has 4 heteroatoms. The number of carbonyl (C=O) groups is 1. The summed E-state index contributed by atoms with van der Waals surface area (Å²) < 4.78 is 0. The summed E-state index contributed by atoms with van der Waals surface area (Å²) in [6.45, 7) is 2.02. The zero-order chi connectivity index (χ0) is 7.28. The number of rotatable bonds is 4. The first-order valence-electron chi connectivity index (χ1n) is 3.03. The van der Waals surface area contributed by atoms with Crippen LogP contribution in [-0.4, -0.2) is 10.8 Å². The van der Waals surface area contributed by atoms with Crippen LogP contribution in [0.5, 0.6) is 0 Å². The second-order valence-corrected chi connectivity index (χ2v) is 3.03. The Morgan fingerprint density at radius 3 is 2.50 bits per heavy atom. The summed E-state index contributed by atoms with van der Waals surface area (Å²) in [4.78, 5) is 9.59. The average molecular weight is 302 g/mol. The minimum atomic E-state index is -1.01. The molecule has 0 spiro atoms. The Morgan fingerprint density at radius 1 is 1.70 bits per heavy atom. The number of carboxylic acids is 1. The van der Waals surface area contributed by atoms with E-state index in [1.165, 1.54) is 0 Å². The number of unbranched alkanes of at least 4 members (excludes halogenated alkanes) is 1. The van der Waals surface area contributed by atoms with Gasteiger partial charge in [0, 0.05) is 0 Å². The Balaban J connectivity index is 0. The monoisotopic (exact) mass is 300 g/mol. The summed E-state index contributed by atoms with van der Waals surface area (Å²) in [7, 11) is 0. The number of carboxylic acid groups (broad SMARTS) is 1. The van der Waals surface area contributed by atoms with Crippen LogP contribution in [0.4, 0.5) is 0 Å². The van der Waals surface area contributed by atoms with Gasteiger partial charge in [0.2, 0.25) is 0 Å². The van der Waals surface area contributed by atoms with Crippen LogP contribution < -0.4 is 5.11 Å². The fourth-order valence-electron chi connectivity index (χ4n) is 0.501. The van der Waals surface area contributed by atoms with E-state index in [1.54, 1.807) is 0 Å².